The lowest BCUT2D eigenvalue weighted by Crippen LogP contribution is -2.36. The lowest BCUT2D eigenvalue weighted by atomic mass is 9.90. The number of aromatic nitrogens is 2. The Kier molecular flexibility index (Phi) is 5.86. The summed E-state index contributed by atoms with van der Waals surface area (Å²) in [5, 5.41) is 12.1. The number of hydrogen-bond donors (Lipinski definition) is 1. The number of fused-ring (bicyclic) bond motifs is 1. The highest BCUT2D eigenvalue weighted by Crippen LogP contribution is 2.41. The predicted octanol–water partition coefficient (Wildman–Crippen LogP) is 4.39. The molecule has 0 spiro atoms. The maximum atomic E-state index is 14.2. The molecule has 0 aliphatic carbocycles. The normalized spacial score (nSPS) is 15.9. The molecule has 2 aromatic carbocycles. The van der Waals surface area contributed by atoms with Gasteiger partial charge in [0.15, 0.2) is 5.65 Å². The van der Waals surface area contributed by atoms with E-state index in [4.69, 9.17) is 9.47 Å². The summed E-state index contributed by atoms with van der Waals surface area (Å²) < 4.78 is 54.1. The molecule has 1 aliphatic heterocycles. The molecule has 0 bridgehead atoms. The summed E-state index contributed by atoms with van der Waals surface area (Å²) in [6.45, 7) is 2.46. The van der Waals surface area contributed by atoms with Crippen LogP contribution in [0.4, 0.5) is 4.39 Å². The quantitative estimate of drug-likeness (QED) is 0.441. The van der Waals surface area contributed by atoms with Gasteiger partial charge in [0.1, 0.15) is 17.2 Å². The second-order valence-corrected chi connectivity index (χ2v) is 10.5. The molecule has 1 fully saturated rings. The number of hydrogen-bond acceptors (Lipinski definition) is 6. The van der Waals surface area contributed by atoms with Gasteiger partial charge in [0.25, 0.3) is 10.0 Å². The lowest BCUT2D eigenvalue weighted by molar-refractivity contribution is -0.0708. The monoisotopic (exact) mass is 496 g/mol. The molecule has 0 amide bonds. The fourth-order valence-electron chi connectivity index (χ4n) is 4.55. The number of pyridine rings is 1. The highest BCUT2D eigenvalue weighted by molar-refractivity contribution is 7.90. The Labute approximate surface area is 202 Å². The van der Waals surface area contributed by atoms with Gasteiger partial charge in [-0.25, -0.2) is 21.8 Å². The SMILES string of the molecule is COc1ccc(F)cc1-c1ccnc2c1cc(C1(O)CCOCC1)n2S(=O)(=O)c1ccc(C)cc1. The van der Waals surface area contributed by atoms with E-state index in [1.54, 1.807) is 24.3 Å². The molecule has 0 saturated carbocycles. The van der Waals surface area contributed by atoms with Crippen LogP contribution in [-0.2, 0) is 20.4 Å². The Morgan fingerprint density at radius 3 is 2.46 bits per heavy atom. The third kappa shape index (κ3) is 3.99. The van der Waals surface area contributed by atoms with Gasteiger partial charge in [-0.05, 0) is 55.0 Å². The van der Waals surface area contributed by atoms with Crippen LogP contribution in [0.2, 0.25) is 0 Å². The van der Waals surface area contributed by atoms with Gasteiger partial charge in [-0.1, -0.05) is 17.7 Å². The summed E-state index contributed by atoms with van der Waals surface area (Å²) >= 11 is 0. The summed E-state index contributed by atoms with van der Waals surface area (Å²) in [5.74, 6) is -0.0277. The molecule has 1 aliphatic rings. The zero-order valence-electron chi connectivity index (χ0n) is 19.4. The van der Waals surface area contributed by atoms with Crippen molar-refractivity contribution in [2.45, 2.75) is 30.3 Å². The van der Waals surface area contributed by atoms with Gasteiger partial charge in [-0.15, -0.1) is 0 Å². The van der Waals surface area contributed by atoms with Crippen molar-refractivity contribution in [1.29, 1.82) is 0 Å². The molecule has 3 heterocycles. The molecule has 7 nitrogen and oxygen atoms in total. The fourth-order valence-corrected chi connectivity index (χ4v) is 6.09. The van der Waals surface area contributed by atoms with E-state index in [0.29, 0.717) is 35.5 Å². The largest absolute Gasteiger partial charge is 0.496 e. The van der Waals surface area contributed by atoms with Crippen LogP contribution in [0.15, 0.2) is 65.7 Å². The van der Waals surface area contributed by atoms with Crippen molar-refractivity contribution in [2.75, 3.05) is 20.3 Å². The Morgan fingerprint density at radius 1 is 1.06 bits per heavy atom. The van der Waals surface area contributed by atoms with Gasteiger partial charge in [0, 0.05) is 43.2 Å². The first-order chi connectivity index (χ1) is 16.7. The molecule has 4 aromatic rings. The Morgan fingerprint density at radius 2 is 1.77 bits per heavy atom. The molecule has 0 atom stereocenters. The van der Waals surface area contributed by atoms with Gasteiger partial charge in [-0.3, -0.25) is 0 Å². The first kappa shape index (κ1) is 23.5. The Bertz CT molecular complexity index is 1510. The minimum Gasteiger partial charge on any atom is -0.496 e. The van der Waals surface area contributed by atoms with Crippen LogP contribution < -0.4 is 4.74 Å². The van der Waals surface area contributed by atoms with Crippen LogP contribution >= 0.6 is 0 Å². The molecule has 1 N–H and O–H groups in total. The Hall–Kier alpha value is -3.27. The number of ether oxygens (including phenoxy) is 2. The Balaban J connectivity index is 1.84. The number of benzene rings is 2. The van der Waals surface area contributed by atoms with Gasteiger partial charge < -0.3 is 14.6 Å². The topological polar surface area (TPSA) is 90.7 Å². The summed E-state index contributed by atoms with van der Waals surface area (Å²) in [4.78, 5) is 4.48. The zero-order chi connectivity index (χ0) is 24.8. The highest BCUT2D eigenvalue weighted by Gasteiger charge is 2.39. The number of aliphatic hydroxyl groups is 1. The van der Waals surface area contributed by atoms with E-state index in [0.717, 1.165) is 9.54 Å². The van der Waals surface area contributed by atoms with Crippen molar-refractivity contribution < 1.29 is 27.4 Å². The van der Waals surface area contributed by atoms with Gasteiger partial charge in [-0.2, -0.15) is 0 Å². The van der Waals surface area contributed by atoms with E-state index in [1.807, 2.05) is 6.92 Å². The molecule has 5 rings (SSSR count). The molecule has 9 heteroatoms. The first-order valence-electron chi connectivity index (χ1n) is 11.2. The first-order valence-corrected chi connectivity index (χ1v) is 12.7. The van der Waals surface area contributed by atoms with E-state index in [2.05, 4.69) is 4.98 Å². The highest BCUT2D eigenvalue weighted by atomic mass is 32.2. The maximum absolute atomic E-state index is 14.2. The number of methoxy groups -OCH3 is 1. The van der Waals surface area contributed by atoms with Crippen molar-refractivity contribution in [3.05, 3.63) is 77.9 Å². The van der Waals surface area contributed by atoms with Gasteiger partial charge >= 0.3 is 0 Å². The van der Waals surface area contributed by atoms with E-state index in [9.17, 15) is 17.9 Å². The summed E-state index contributed by atoms with van der Waals surface area (Å²) in [7, 11) is -2.65. The molecule has 35 heavy (non-hydrogen) atoms. The van der Waals surface area contributed by atoms with Crippen LogP contribution in [0.1, 0.15) is 24.1 Å². The summed E-state index contributed by atoms with van der Waals surface area (Å²) in [6.07, 6.45) is 1.93. The summed E-state index contributed by atoms with van der Waals surface area (Å²) in [6, 6.07) is 14.0. The van der Waals surface area contributed by atoms with Crippen molar-refractivity contribution in [3.8, 4) is 16.9 Å². The zero-order valence-corrected chi connectivity index (χ0v) is 20.2. The molecular formula is C26H25FN2O5S. The van der Waals surface area contributed by atoms with E-state index < -0.39 is 21.4 Å². The van der Waals surface area contributed by atoms with Crippen LogP contribution in [-0.4, -0.2) is 42.8 Å². The number of aryl methyl sites for hydroxylation is 1. The van der Waals surface area contributed by atoms with E-state index >= 15 is 0 Å². The lowest BCUT2D eigenvalue weighted by Gasteiger charge is -2.32. The summed E-state index contributed by atoms with van der Waals surface area (Å²) in [5.41, 5.74) is 0.815. The molecule has 0 unspecified atom stereocenters. The molecule has 182 valence electrons. The van der Waals surface area contributed by atoms with Crippen molar-refractivity contribution in [1.82, 2.24) is 8.96 Å². The molecular weight excluding hydrogens is 471 g/mol. The number of rotatable bonds is 5. The van der Waals surface area contributed by atoms with Gasteiger partial charge in [0.05, 0.1) is 17.7 Å². The van der Waals surface area contributed by atoms with Crippen LogP contribution in [0.3, 0.4) is 0 Å². The van der Waals surface area contributed by atoms with Gasteiger partial charge in [0.2, 0.25) is 0 Å². The average molecular weight is 497 g/mol. The number of nitrogens with zero attached hydrogens (tertiary/aromatic N) is 2. The minimum absolute atomic E-state index is 0.0769. The van der Waals surface area contributed by atoms with E-state index in [-0.39, 0.29) is 29.1 Å². The third-order valence-electron chi connectivity index (χ3n) is 6.47. The van der Waals surface area contributed by atoms with Crippen LogP contribution in [0.25, 0.3) is 22.2 Å². The minimum atomic E-state index is -4.13. The molecule has 2 aromatic heterocycles. The smallest absolute Gasteiger partial charge is 0.269 e. The fraction of sp³-hybridized carbons (Fsp3) is 0.269. The molecule has 0 radical (unpaired) electrons. The second-order valence-electron chi connectivity index (χ2n) is 8.70. The van der Waals surface area contributed by atoms with Crippen molar-refractivity contribution in [2.24, 2.45) is 0 Å². The predicted molar refractivity (Wildman–Crippen MR) is 129 cm³/mol. The van der Waals surface area contributed by atoms with Crippen LogP contribution in [0.5, 0.6) is 5.75 Å². The standard InChI is InChI=1S/C26H25FN2O5S/c1-17-3-6-19(7-4-17)35(31,32)29-24(26(30)10-13-34-14-11-26)16-22-20(9-12-28-25(22)29)21-15-18(27)5-8-23(21)33-2/h3-9,12,15-16,30H,10-11,13-14H2,1-2H3. The van der Waals surface area contributed by atoms with Crippen molar-refractivity contribution in [3.63, 3.8) is 0 Å². The van der Waals surface area contributed by atoms with Crippen molar-refractivity contribution >= 4 is 21.1 Å². The average Bonchev–Trinajstić information content (AvgIpc) is 3.26. The number of halogens is 1. The molecule has 1 saturated heterocycles. The van der Waals surface area contributed by atoms with Crippen LogP contribution in [0, 0.1) is 12.7 Å². The third-order valence-corrected chi connectivity index (χ3v) is 8.19. The second kappa shape index (κ2) is 8.75. The van der Waals surface area contributed by atoms with E-state index in [1.165, 1.54) is 43.6 Å². The maximum Gasteiger partial charge on any atom is 0.269 e.